The van der Waals surface area contributed by atoms with Gasteiger partial charge in [-0.1, -0.05) is 18.2 Å². The van der Waals surface area contributed by atoms with E-state index in [-0.39, 0.29) is 24.0 Å². The number of para-hydroxylation sites is 1. The van der Waals surface area contributed by atoms with Crippen molar-refractivity contribution in [1.82, 2.24) is 25.3 Å². The Morgan fingerprint density at radius 2 is 1.77 bits per heavy atom. The highest BCUT2D eigenvalue weighted by molar-refractivity contribution is 14.0. The van der Waals surface area contributed by atoms with Gasteiger partial charge in [0.25, 0.3) is 0 Å². The highest BCUT2D eigenvalue weighted by Crippen LogP contribution is 2.16. The zero-order valence-electron chi connectivity index (χ0n) is 18.9. The van der Waals surface area contributed by atoms with Gasteiger partial charge in [-0.3, -0.25) is 14.6 Å². The van der Waals surface area contributed by atoms with Crippen LogP contribution < -0.4 is 15.5 Å². The van der Waals surface area contributed by atoms with Gasteiger partial charge in [-0.15, -0.1) is 24.0 Å². The molecule has 0 bridgehead atoms. The number of aliphatic imine (C=N–C) groups is 1. The third kappa shape index (κ3) is 6.10. The number of anilines is 1. The molecule has 3 rings (SSSR count). The largest absolute Gasteiger partial charge is 0.369 e. The molecule has 1 aliphatic rings. The molecule has 0 spiro atoms. The molecule has 2 aromatic rings. The third-order valence-corrected chi connectivity index (χ3v) is 5.94. The van der Waals surface area contributed by atoms with Crippen LogP contribution in [0.4, 0.5) is 5.69 Å². The lowest BCUT2D eigenvalue weighted by molar-refractivity contribution is 0.197. The fraction of sp³-hybridized carbons (Fsp3) is 0.545. The van der Waals surface area contributed by atoms with Crippen LogP contribution in [0.1, 0.15) is 23.9 Å². The minimum Gasteiger partial charge on any atom is -0.369 e. The summed E-state index contributed by atoms with van der Waals surface area (Å²) in [6.45, 7) is 12.3. The maximum atomic E-state index is 4.48. The summed E-state index contributed by atoms with van der Waals surface area (Å²) in [5.74, 6) is 0.836. The Balaban J connectivity index is 0.00000320. The summed E-state index contributed by atoms with van der Waals surface area (Å²) >= 11 is 0. The van der Waals surface area contributed by atoms with Crippen molar-refractivity contribution in [3.63, 3.8) is 0 Å². The van der Waals surface area contributed by atoms with Gasteiger partial charge >= 0.3 is 0 Å². The Morgan fingerprint density at radius 3 is 2.33 bits per heavy atom. The number of aryl methyl sites for hydroxylation is 2. The summed E-state index contributed by atoms with van der Waals surface area (Å²) < 4.78 is 1.93. The quantitative estimate of drug-likeness (QED) is 0.345. The van der Waals surface area contributed by atoms with Crippen molar-refractivity contribution in [1.29, 1.82) is 0 Å². The number of rotatable bonds is 6. The predicted molar refractivity (Wildman–Crippen MR) is 136 cm³/mol. The molecule has 0 aliphatic carbocycles. The van der Waals surface area contributed by atoms with Gasteiger partial charge in [0.2, 0.25) is 0 Å². The average molecular weight is 525 g/mol. The first-order valence-electron chi connectivity index (χ1n) is 10.5. The van der Waals surface area contributed by atoms with E-state index in [1.165, 1.54) is 16.9 Å². The number of hydrogen-bond acceptors (Lipinski definition) is 4. The summed E-state index contributed by atoms with van der Waals surface area (Å²) in [5, 5.41) is 11.4. The molecule has 7 nitrogen and oxygen atoms in total. The van der Waals surface area contributed by atoms with E-state index in [1.54, 1.807) is 0 Å². The Bertz CT molecular complexity index is 810. The summed E-state index contributed by atoms with van der Waals surface area (Å²) in [6.07, 6.45) is 0. The Labute approximate surface area is 197 Å². The van der Waals surface area contributed by atoms with Gasteiger partial charge in [-0.25, -0.2) is 0 Å². The minimum atomic E-state index is 0. The molecule has 0 amide bonds. The second-order valence-corrected chi connectivity index (χ2v) is 7.79. The second kappa shape index (κ2) is 11.5. The van der Waals surface area contributed by atoms with Crippen molar-refractivity contribution in [2.45, 2.75) is 33.4 Å². The molecular formula is C22H36IN7. The molecule has 8 heteroatoms. The maximum absolute atomic E-state index is 4.48. The van der Waals surface area contributed by atoms with E-state index in [0.29, 0.717) is 6.04 Å². The standard InChI is InChI=1S/C22H35N7.HI/c1-17(28-11-13-29(14-12-28)20-9-7-6-8-10-20)15-24-22(23-4)25-16-21-18(2)26-27(5)19(21)3;/h6-10,17H,11-16H2,1-5H3,(H2,23,24,25);1H. The summed E-state index contributed by atoms with van der Waals surface area (Å²) in [5.41, 5.74) is 4.82. The normalized spacial score (nSPS) is 16.2. The Hall–Kier alpha value is -1.81. The van der Waals surface area contributed by atoms with Crippen LogP contribution in [-0.4, -0.2) is 66.5 Å². The smallest absolute Gasteiger partial charge is 0.191 e. The molecule has 2 N–H and O–H groups in total. The van der Waals surface area contributed by atoms with Gasteiger partial charge in [0.1, 0.15) is 0 Å². The molecular weight excluding hydrogens is 489 g/mol. The highest BCUT2D eigenvalue weighted by atomic mass is 127. The van der Waals surface area contributed by atoms with Crippen molar-refractivity contribution < 1.29 is 0 Å². The molecule has 1 aliphatic heterocycles. The SMILES string of the molecule is CN=C(NCc1c(C)nn(C)c1C)NCC(C)N1CCN(c2ccccc2)CC1.I. The lowest BCUT2D eigenvalue weighted by atomic mass is 10.2. The van der Waals surface area contributed by atoms with Crippen molar-refractivity contribution in [2.24, 2.45) is 12.0 Å². The second-order valence-electron chi connectivity index (χ2n) is 7.79. The van der Waals surface area contributed by atoms with Gasteiger partial charge in [-0.05, 0) is 32.9 Å². The van der Waals surface area contributed by atoms with Crippen LogP contribution in [0.2, 0.25) is 0 Å². The first kappa shape index (κ1) is 24.5. The van der Waals surface area contributed by atoms with Crippen LogP contribution in [0, 0.1) is 13.8 Å². The molecule has 0 radical (unpaired) electrons. The molecule has 30 heavy (non-hydrogen) atoms. The van der Waals surface area contributed by atoms with E-state index >= 15 is 0 Å². The van der Waals surface area contributed by atoms with E-state index in [9.17, 15) is 0 Å². The molecule has 1 atom stereocenters. The number of nitrogens with zero attached hydrogens (tertiary/aromatic N) is 5. The molecule has 1 aromatic heterocycles. The number of halogens is 1. The molecule has 1 saturated heterocycles. The highest BCUT2D eigenvalue weighted by Gasteiger charge is 2.21. The predicted octanol–water partition coefficient (Wildman–Crippen LogP) is 2.53. The van der Waals surface area contributed by atoms with Gasteiger partial charge < -0.3 is 15.5 Å². The molecule has 1 aromatic carbocycles. The van der Waals surface area contributed by atoms with E-state index < -0.39 is 0 Å². The van der Waals surface area contributed by atoms with Crippen LogP contribution in [-0.2, 0) is 13.6 Å². The topological polar surface area (TPSA) is 60.7 Å². The Kier molecular flexibility index (Phi) is 9.41. The molecule has 2 heterocycles. The maximum Gasteiger partial charge on any atom is 0.191 e. The summed E-state index contributed by atoms with van der Waals surface area (Å²) in [7, 11) is 3.81. The zero-order valence-corrected chi connectivity index (χ0v) is 21.2. The van der Waals surface area contributed by atoms with E-state index in [2.05, 4.69) is 81.6 Å². The number of guanidine groups is 1. The number of aromatic nitrogens is 2. The molecule has 166 valence electrons. The summed E-state index contributed by atoms with van der Waals surface area (Å²) in [6, 6.07) is 11.1. The van der Waals surface area contributed by atoms with Crippen LogP contribution in [0.25, 0.3) is 0 Å². The van der Waals surface area contributed by atoms with Gasteiger partial charge in [0.05, 0.1) is 5.69 Å². The number of hydrogen-bond donors (Lipinski definition) is 2. The Morgan fingerprint density at radius 1 is 1.10 bits per heavy atom. The average Bonchev–Trinajstić information content (AvgIpc) is 3.00. The molecule has 1 fully saturated rings. The van der Waals surface area contributed by atoms with Gasteiger partial charge in [0.15, 0.2) is 5.96 Å². The first-order valence-corrected chi connectivity index (χ1v) is 10.5. The van der Waals surface area contributed by atoms with Crippen molar-refractivity contribution in [3.05, 3.63) is 47.3 Å². The van der Waals surface area contributed by atoms with Crippen LogP contribution >= 0.6 is 24.0 Å². The van der Waals surface area contributed by atoms with Crippen LogP contribution in [0.15, 0.2) is 35.3 Å². The van der Waals surface area contributed by atoms with E-state index in [4.69, 9.17) is 0 Å². The molecule has 1 unspecified atom stereocenters. The van der Waals surface area contributed by atoms with Gasteiger partial charge in [0, 0.05) is 76.4 Å². The minimum absolute atomic E-state index is 0. The monoisotopic (exact) mass is 525 g/mol. The number of piperazine rings is 1. The summed E-state index contributed by atoms with van der Waals surface area (Å²) in [4.78, 5) is 9.40. The van der Waals surface area contributed by atoms with Crippen molar-refractivity contribution in [2.75, 3.05) is 44.7 Å². The first-order chi connectivity index (χ1) is 14.0. The van der Waals surface area contributed by atoms with Gasteiger partial charge in [-0.2, -0.15) is 5.10 Å². The van der Waals surface area contributed by atoms with E-state index in [0.717, 1.165) is 50.9 Å². The third-order valence-electron chi connectivity index (χ3n) is 5.94. The van der Waals surface area contributed by atoms with Crippen molar-refractivity contribution >= 4 is 35.6 Å². The fourth-order valence-corrected chi connectivity index (χ4v) is 3.90. The number of benzene rings is 1. The zero-order chi connectivity index (χ0) is 20.8. The van der Waals surface area contributed by atoms with Crippen molar-refractivity contribution in [3.8, 4) is 0 Å². The molecule has 0 saturated carbocycles. The van der Waals surface area contributed by atoms with E-state index in [1.807, 2.05) is 18.8 Å². The lowest BCUT2D eigenvalue weighted by Crippen LogP contribution is -2.53. The lowest BCUT2D eigenvalue weighted by Gasteiger charge is -2.39. The number of nitrogens with one attached hydrogen (secondary N) is 2. The van der Waals surface area contributed by atoms with Crippen LogP contribution in [0.3, 0.4) is 0 Å². The fourth-order valence-electron chi connectivity index (χ4n) is 3.90. The van der Waals surface area contributed by atoms with Crippen LogP contribution in [0.5, 0.6) is 0 Å².